The SMILES string of the molecule is CCOC(=O)CC(c1ccc(F)cc1)C1CCN(C(=O)c2cc(C3CC3)nc3onc(C)c23)CC1. The molecule has 8 heteroatoms. The van der Waals surface area contributed by atoms with Gasteiger partial charge in [0.25, 0.3) is 11.6 Å². The van der Waals surface area contributed by atoms with E-state index in [0.29, 0.717) is 48.0 Å². The zero-order valence-corrected chi connectivity index (χ0v) is 20.1. The number of hydrogen-bond acceptors (Lipinski definition) is 6. The minimum absolute atomic E-state index is 0.0345. The number of hydrogen-bond donors (Lipinski definition) is 0. The fraction of sp³-hybridized carbons (Fsp3) is 0.481. The number of nitrogens with zero attached hydrogens (tertiary/aromatic N) is 3. The van der Waals surface area contributed by atoms with Crippen LogP contribution in [0.25, 0.3) is 11.1 Å². The van der Waals surface area contributed by atoms with Crippen LogP contribution in [0.15, 0.2) is 34.9 Å². The van der Waals surface area contributed by atoms with E-state index in [2.05, 4.69) is 10.1 Å². The zero-order chi connectivity index (χ0) is 24.5. The Bertz CT molecular complexity index is 1230. The summed E-state index contributed by atoms with van der Waals surface area (Å²) in [6.45, 7) is 5.11. The molecule has 1 aliphatic carbocycles. The molecule has 5 rings (SSSR count). The lowest BCUT2D eigenvalue weighted by Crippen LogP contribution is -2.40. The second-order valence-corrected chi connectivity index (χ2v) is 9.61. The number of benzene rings is 1. The Hall–Kier alpha value is -3.29. The van der Waals surface area contributed by atoms with Crippen LogP contribution in [0.5, 0.6) is 0 Å². The zero-order valence-electron chi connectivity index (χ0n) is 20.1. The maximum Gasteiger partial charge on any atom is 0.306 e. The van der Waals surface area contributed by atoms with Crippen LogP contribution >= 0.6 is 0 Å². The predicted molar refractivity (Wildman–Crippen MR) is 128 cm³/mol. The van der Waals surface area contributed by atoms with Gasteiger partial charge in [-0.2, -0.15) is 0 Å². The van der Waals surface area contributed by atoms with Crippen molar-refractivity contribution in [1.82, 2.24) is 15.0 Å². The molecule has 2 fully saturated rings. The summed E-state index contributed by atoms with van der Waals surface area (Å²) in [5.74, 6) is -0.0985. The largest absolute Gasteiger partial charge is 0.466 e. The normalized spacial score (nSPS) is 17.5. The van der Waals surface area contributed by atoms with Crippen molar-refractivity contribution in [3.63, 3.8) is 0 Å². The molecule has 1 amide bonds. The first-order valence-electron chi connectivity index (χ1n) is 12.4. The number of amides is 1. The van der Waals surface area contributed by atoms with Crippen molar-refractivity contribution >= 4 is 23.0 Å². The minimum atomic E-state index is -0.303. The topological polar surface area (TPSA) is 85.5 Å². The number of pyridine rings is 1. The summed E-state index contributed by atoms with van der Waals surface area (Å²) >= 11 is 0. The minimum Gasteiger partial charge on any atom is -0.466 e. The monoisotopic (exact) mass is 479 g/mol. The number of esters is 1. The third-order valence-corrected chi connectivity index (χ3v) is 7.25. The van der Waals surface area contributed by atoms with Crippen LogP contribution in [-0.2, 0) is 9.53 Å². The van der Waals surface area contributed by atoms with Crippen molar-refractivity contribution in [2.75, 3.05) is 19.7 Å². The van der Waals surface area contributed by atoms with Crippen molar-refractivity contribution in [3.8, 4) is 0 Å². The van der Waals surface area contributed by atoms with E-state index in [1.807, 2.05) is 17.9 Å². The molecule has 1 aliphatic heterocycles. The van der Waals surface area contributed by atoms with Crippen LogP contribution in [0.1, 0.15) is 78.2 Å². The van der Waals surface area contributed by atoms with Crippen LogP contribution in [0.3, 0.4) is 0 Å². The standard InChI is InChI=1S/C27H30FN3O4/c1-3-34-24(32)15-21(17-6-8-20(28)9-7-17)18-10-12-31(13-11-18)27(33)22-14-23(19-4-5-19)29-26-25(22)16(2)30-35-26/h6-9,14,18-19,21H,3-5,10-13,15H2,1-2H3. The summed E-state index contributed by atoms with van der Waals surface area (Å²) in [5, 5.41) is 4.73. The van der Waals surface area contributed by atoms with Gasteiger partial charge in [0.2, 0.25) is 0 Å². The molecule has 184 valence electrons. The van der Waals surface area contributed by atoms with Crippen LogP contribution in [0.4, 0.5) is 4.39 Å². The first-order valence-corrected chi connectivity index (χ1v) is 12.4. The van der Waals surface area contributed by atoms with E-state index < -0.39 is 0 Å². The first kappa shape index (κ1) is 23.5. The summed E-state index contributed by atoms with van der Waals surface area (Å²) in [6.07, 6.45) is 3.90. The molecule has 35 heavy (non-hydrogen) atoms. The van der Waals surface area contributed by atoms with E-state index in [1.165, 1.54) is 12.1 Å². The third-order valence-electron chi connectivity index (χ3n) is 7.25. The fourth-order valence-electron chi connectivity index (χ4n) is 5.21. The lowest BCUT2D eigenvalue weighted by atomic mass is 9.78. The number of halogens is 1. The van der Waals surface area contributed by atoms with E-state index in [4.69, 9.17) is 9.26 Å². The van der Waals surface area contributed by atoms with Gasteiger partial charge < -0.3 is 14.2 Å². The van der Waals surface area contributed by atoms with Crippen molar-refractivity contribution in [2.45, 2.75) is 57.8 Å². The molecule has 1 aromatic carbocycles. The molecule has 0 N–H and O–H groups in total. The maximum absolute atomic E-state index is 13.6. The predicted octanol–water partition coefficient (Wildman–Crippen LogP) is 5.14. The van der Waals surface area contributed by atoms with Crippen molar-refractivity contribution in [3.05, 3.63) is 58.7 Å². The first-order chi connectivity index (χ1) is 16.9. The average Bonchev–Trinajstić information content (AvgIpc) is 3.65. The lowest BCUT2D eigenvalue weighted by Gasteiger charge is -2.36. The molecule has 3 aromatic rings. The van der Waals surface area contributed by atoms with E-state index in [-0.39, 0.29) is 36.0 Å². The number of rotatable bonds is 7. The Morgan fingerprint density at radius 3 is 2.54 bits per heavy atom. The Balaban J connectivity index is 1.34. The van der Waals surface area contributed by atoms with Crippen molar-refractivity contribution in [2.24, 2.45) is 5.92 Å². The summed E-state index contributed by atoms with van der Waals surface area (Å²) in [4.78, 5) is 32.4. The molecule has 1 atom stereocenters. The highest BCUT2D eigenvalue weighted by Gasteiger charge is 2.34. The smallest absolute Gasteiger partial charge is 0.306 e. The third kappa shape index (κ3) is 4.92. The van der Waals surface area contributed by atoms with Crippen LogP contribution in [0, 0.1) is 18.7 Å². The quantitative estimate of drug-likeness (QED) is 0.437. The van der Waals surface area contributed by atoms with Crippen LogP contribution in [-0.4, -0.2) is 46.6 Å². The van der Waals surface area contributed by atoms with Gasteiger partial charge in [-0.25, -0.2) is 9.37 Å². The molecule has 1 unspecified atom stereocenters. The number of piperidine rings is 1. The van der Waals surface area contributed by atoms with E-state index >= 15 is 0 Å². The summed E-state index contributed by atoms with van der Waals surface area (Å²) in [7, 11) is 0. The highest BCUT2D eigenvalue weighted by Crippen LogP contribution is 2.41. The van der Waals surface area contributed by atoms with Gasteiger partial charge in [-0.15, -0.1) is 0 Å². The number of carbonyl (C=O) groups excluding carboxylic acids is 2. The summed E-state index contributed by atoms with van der Waals surface area (Å²) in [5.41, 5.74) is 3.53. The number of aromatic nitrogens is 2. The highest BCUT2D eigenvalue weighted by atomic mass is 19.1. The highest BCUT2D eigenvalue weighted by molar-refractivity contribution is 6.06. The van der Waals surface area contributed by atoms with Gasteiger partial charge in [-0.3, -0.25) is 9.59 Å². The molecule has 0 spiro atoms. The lowest BCUT2D eigenvalue weighted by molar-refractivity contribution is -0.144. The number of fused-ring (bicyclic) bond motifs is 1. The second kappa shape index (κ2) is 9.76. The molecular formula is C27H30FN3O4. The van der Waals surface area contributed by atoms with Gasteiger partial charge in [0.05, 0.1) is 29.7 Å². The van der Waals surface area contributed by atoms with E-state index in [0.717, 1.165) is 36.9 Å². The maximum atomic E-state index is 13.6. The molecule has 7 nitrogen and oxygen atoms in total. The Morgan fingerprint density at radius 1 is 1.17 bits per heavy atom. The number of aryl methyl sites for hydroxylation is 1. The van der Waals surface area contributed by atoms with Gasteiger partial charge in [0, 0.05) is 24.7 Å². The van der Waals surface area contributed by atoms with Gasteiger partial charge >= 0.3 is 5.97 Å². The van der Waals surface area contributed by atoms with Gasteiger partial charge in [0.1, 0.15) is 5.82 Å². The van der Waals surface area contributed by atoms with Gasteiger partial charge in [-0.05, 0) is 75.1 Å². The van der Waals surface area contributed by atoms with Crippen LogP contribution < -0.4 is 0 Å². The second-order valence-electron chi connectivity index (χ2n) is 9.61. The molecule has 2 aromatic heterocycles. The number of likely N-dealkylation sites (tertiary alicyclic amines) is 1. The molecule has 1 saturated heterocycles. The Kier molecular flexibility index (Phi) is 6.54. The average molecular weight is 480 g/mol. The molecule has 3 heterocycles. The molecular weight excluding hydrogens is 449 g/mol. The van der Waals surface area contributed by atoms with Gasteiger partial charge in [0.15, 0.2) is 0 Å². The Labute approximate surface area is 203 Å². The summed E-state index contributed by atoms with van der Waals surface area (Å²) < 4.78 is 24.1. The van der Waals surface area contributed by atoms with E-state index in [1.54, 1.807) is 19.1 Å². The number of carbonyl (C=O) groups is 2. The number of ether oxygens (including phenoxy) is 1. The molecule has 2 aliphatic rings. The van der Waals surface area contributed by atoms with Gasteiger partial charge in [-0.1, -0.05) is 17.3 Å². The molecule has 0 bridgehead atoms. The van der Waals surface area contributed by atoms with Crippen molar-refractivity contribution in [1.29, 1.82) is 0 Å². The molecule has 0 radical (unpaired) electrons. The Morgan fingerprint density at radius 2 is 1.89 bits per heavy atom. The van der Waals surface area contributed by atoms with E-state index in [9.17, 15) is 14.0 Å². The van der Waals surface area contributed by atoms with Crippen LogP contribution in [0.2, 0.25) is 0 Å². The molecule has 1 saturated carbocycles. The fourth-order valence-corrected chi connectivity index (χ4v) is 5.21. The van der Waals surface area contributed by atoms with Crippen molar-refractivity contribution < 1.29 is 23.2 Å². The summed E-state index contributed by atoms with van der Waals surface area (Å²) in [6, 6.07) is 8.27.